The molecule has 114 valence electrons. The van der Waals surface area contributed by atoms with Gasteiger partial charge in [-0.05, 0) is 44.4 Å². The van der Waals surface area contributed by atoms with Gasteiger partial charge in [0, 0.05) is 19.6 Å². The summed E-state index contributed by atoms with van der Waals surface area (Å²) in [6, 6.07) is 5.93. The van der Waals surface area contributed by atoms with Crippen LogP contribution in [0.15, 0.2) is 24.3 Å². The summed E-state index contributed by atoms with van der Waals surface area (Å²) in [5.41, 5.74) is -0.279. The summed E-state index contributed by atoms with van der Waals surface area (Å²) in [6.45, 7) is 5.04. The van der Waals surface area contributed by atoms with Crippen LogP contribution in [0.1, 0.15) is 32.3 Å². The fourth-order valence-corrected chi connectivity index (χ4v) is 2.42. The SMILES string of the molecule is CC(C)(C(=O)NCc1ccc(F)cc1)C(=O)N1CCCC1. The molecule has 0 aliphatic carbocycles. The molecule has 0 spiro atoms. The van der Waals surface area contributed by atoms with Crippen LogP contribution in [0.25, 0.3) is 0 Å². The van der Waals surface area contributed by atoms with Crippen molar-refractivity contribution in [3.05, 3.63) is 35.6 Å². The molecule has 1 N–H and O–H groups in total. The van der Waals surface area contributed by atoms with Crippen LogP contribution in [0.3, 0.4) is 0 Å². The average molecular weight is 292 g/mol. The number of halogens is 1. The number of carbonyl (C=O) groups excluding carboxylic acids is 2. The molecule has 0 unspecified atom stereocenters. The highest BCUT2D eigenvalue weighted by atomic mass is 19.1. The summed E-state index contributed by atoms with van der Waals surface area (Å²) in [6.07, 6.45) is 2.00. The van der Waals surface area contributed by atoms with E-state index in [4.69, 9.17) is 0 Å². The van der Waals surface area contributed by atoms with Crippen molar-refractivity contribution in [2.24, 2.45) is 5.41 Å². The van der Waals surface area contributed by atoms with Crippen molar-refractivity contribution in [2.45, 2.75) is 33.2 Å². The minimum Gasteiger partial charge on any atom is -0.351 e. The summed E-state index contributed by atoms with van der Waals surface area (Å²) in [5, 5.41) is 2.75. The fourth-order valence-electron chi connectivity index (χ4n) is 2.42. The first kappa shape index (κ1) is 15.5. The highest BCUT2D eigenvalue weighted by Crippen LogP contribution is 2.22. The first-order valence-electron chi connectivity index (χ1n) is 7.23. The number of benzene rings is 1. The highest BCUT2D eigenvalue weighted by Gasteiger charge is 2.39. The van der Waals surface area contributed by atoms with Gasteiger partial charge >= 0.3 is 0 Å². The molecule has 1 aliphatic heterocycles. The standard InChI is InChI=1S/C16H21FN2O2/c1-16(2,15(21)19-9-3-4-10-19)14(20)18-11-12-5-7-13(17)8-6-12/h5-8H,3-4,9-11H2,1-2H3,(H,18,20). The average Bonchev–Trinajstić information content (AvgIpc) is 2.99. The maximum absolute atomic E-state index is 12.8. The molecule has 4 nitrogen and oxygen atoms in total. The van der Waals surface area contributed by atoms with E-state index >= 15 is 0 Å². The van der Waals surface area contributed by atoms with E-state index in [1.54, 1.807) is 30.9 Å². The molecule has 1 aromatic rings. The molecule has 0 radical (unpaired) electrons. The summed E-state index contributed by atoms with van der Waals surface area (Å²) in [7, 11) is 0. The number of likely N-dealkylation sites (tertiary alicyclic amines) is 1. The highest BCUT2D eigenvalue weighted by molar-refractivity contribution is 6.04. The molecule has 2 amide bonds. The molecule has 1 aromatic carbocycles. The van der Waals surface area contributed by atoms with Gasteiger partial charge in [0.05, 0.1) is 0 Å². The van der Waals surface area contributed by atoms with Gasteiger partial charge in [0.25, 0.3) is 0 Å². The van der Waals surface area contributed by atoms with Gasteiger partial charge < -0.3 is 10.2 Å². The summed E-state index contributed by atoms with van der Waals surface area (Å²) >= 11 is 0. The van der Waals surface area contributed by atoms with Crippen molar-refractivity contribution in [3.63, 3.8) is 0 Å². The molecule has 0 atom stereocenters. The van der Waals surface area contributed by atoms with Crippen LogP contribution in [0, 0.1) is 11.2 Å². The van der Waals surface area contributed by atoms with E-state index in [0.29, 0.717) is 0 Å². The Morgan fingerprint density at radius 3 is 2.33 bits per heavy atom. The Balaban J connectivity index is 1.94. The number of amides is 2. The van der Waals surface area contributed by atoms with Gasteiger partial charge in [-0.25, -0.2) is 4.39 Å². The number of nitrogens with zero attached hydrogens (tertiary/aromatic N) is 1. The summed E-state index contributed by atoms with van der Waals surface area (Å²) < 4.78 is 12.8. The van der Waals surface area contributed by atoms with Crippen LogP contribution in [-0.4, -0.2) is 29.8 Å². The van der Waals surface area contributed by atoms with E-state index in [1.807, 2.05) is 0 Å². The molecule has 0 bridgehead atoms. The Morgan fingerprint density at radius 1 is 1.19 bits per heavy atom. The fraction of sp³-hybridized carbons (Fsp3) is 0.500. The monoisotopic (exact) mass is 292 g/mol. The van der Waals surface area contributed by atoms with Crippen molar-refractivity contribution >= 4 is 11.8 Å². The number of hydrogen-bond acceptors (Lipinski definition) is 2. The zero-order chi connectivity index (χ0) is 15.5. The molecule has 1 fully saturated rings. The Labute approximate surface area is 124 Å². The minimum atomic E-state index is -1.08. The van der Waals surface area contributed by atoms with Gasteiger partial charge in [0.15, 0.2) is 0 Å². The predicted molar refractivity (Wildman–Crippen MR) is 77.8 cm³/mol. The lowest BCUT2D eigenvalue weighted by molar-refractivity contribution is -0.147. The lowest BCUT2D eigenvalue weighted by Crippen LogP contribution is -2.48. The zero-order valence-electron chi connectivity index (χ0n) is 12.5. The molecule has 1 heterocycles. The second-order valence-electron chi connectivity index (χ2n) is 5.93. The third-order valence-electron chi connectivity index (χ3n) is 3.86. The topological polar surface area (TPSA) is 49.4 Å². The number of hydrogen-bond donors (Lipinski definition) is 1. The van der Waals surface area contributed by atoms with Gasteiger partial charge in [-0.15, -0.1) is 0 Å². The molecule has 1 saturated heterocycles. The second kappa shape index (κ2) is 6.24. The van der Waals surface area contributed by atoms with Gasteiger partial charge in [-0.1, -0.05) is 12.1 Å². The maximum Gasteiger partial charge on any atom is 0.237 e. The smallest absolute Gasteiger partial charge is 0.237 e. The van der Waals surface area contributed by atoms with E-state index in [0.717, 1.165) is 31.5 Å². The van der Waals surface area contributed by atoms with Gasteiger partial charge in [-0.2, -0.15) is 0 Å². The van der Waals surface area contributed by atoms with Crippen LogP contribution in [-0.2, 0) is 16.1 Å². The largest absolute Gasteiger partial charge is 0.351 e. The first-order valence-corrected chi connectivity index (χ1v) is 7.23. The Hall–Kier alpha value is -1.91. The van der Waals surface area contributed by atoms with Crippen molar-refractivity contribution in [3.8, 4) is 0 Å². The number of rotatable bonds is 4. The zero-order valence-corrected chi connectivity index (χ0v) is 12.5. The van der Waals surface area contributed by atoms with Gasteiger partial charge in [-0.3, -0.25) is 9.59 Å². The number of nitrogens with one attached hydrogen (secondary N) is 1. The van der Waals surface area contributed by atoms with Crippen LogP contribution >= 0.6 is 0 Å². The van der Waals surface area contributed by atoms with Crippen LogP contribution in [0.2, 0.25) is 0 Å². The third kappa shape index (κ3) is 3.60. The normalized spacial score (nSPS) is 15.1. The Kier molecular flexibility index (Phi) is 4.60. The lowest BCUT2D eigenvalue weighted by atomic mass is 9.90. The van der Waals surface area contributed by atoms with Crippen LogP contribution < -0.4 is 5.32 Å². The van der Waals surface area contributed by atoms with E-state index in [9.17, 15) is 14.0 Å². The molecule has 21 heavy (non-hydrogen) atoms. The van der Waals surface area contributed by atoms with Crippen molar-refractivity contribution in [1.29, 1.82) is 0 Å². The van der Waals surface area contributed by atoms with Crippen LogP contribution in [0.4, 0.5) is 4.39 Å². The lowest BCUT2D eigenvalue weighted by Gasteiger charge is -2.28. The van der Waals surface area contributed by atoms with Crippen molar-refractivity contribution in [1.82, 2.24) is 10.2 Å². The van der Waals surface area contributed by atoms with Gasteiger partial charge in [0.1, 0.15) is 11.2 Å². The first-order chi connectivity index (χ1) is 9.91. The molecular formula is C16H21FN2O2. The molecule has 0 saturated carbocycles. The molecule has 0 aromatic heterocycles. The van der Waals surface area contributed by atoms with E-state index in [2.05, 4.69) is 5.32 Å². The Bertz CT molecular complexity index is 520. The predicted octanol–water partition coefficient (Wildman–Crippen LogP) is 2.09. The molecule has 5 heteroatoms. The second-order valence-corrected chi connectivity index (χ2v) is 5.93. The van der Waals surface area contributed by atoms with Crippen LogP contribution in [0.5, 0.6) is 0 Å². The summed E-state index contributed by atoms with van der Waals surface area (Å²) in [5.74, 6) is -0.741. The number of carbonyl (C=O) groups is 2. The van der Waals surface area contributed by atoms with Crippen molar-refractivity contribution < 1.29 is 14.0 Å². The molecular weight excluding hydrogens is 271 g/mol. The molecule has 2 rings (SSSR count). The maximum atomic E-state index is 12.8. The van der Waals surface area contributed by atoms with Gasteiger partial charge in [0.2, 0.25) is 11.8 Å². The van der Waals surface area contributed by atoms with E-state index in [-0.39, 0.29) is 24.2 Å². The molecule has 1 aliphatic rings. The summed E-state index contributed by atoms with van der Waals surface area (Å²) in [4.78, 5) is 26.4. The third-order valence-corrected chi connectivity index (χ3v) is 3.86. The minimum absolute atomic E-state index is 0.128. The van der Waals surface area contributed by atoms with Crippen molar-refractivity contribution in [2.75, 3.05) is 13.1 Å². The quantitative estimate of drug-likeness (QED) is 0.864. The van der Waals surface area contributed by atoms with E-state index < -0.39 is 5.41 Å². The Morgan fingerprint density at radius 2 is 1.76 bits per heavy atom. The van der Waals surface area contributed by atoms with E-state index in [1.165, 1.54) is 12.1 Å².